The third-order valence-electron chi connectivity index (χ3n) is 4.77. The number of rotatable bonds is 5. The summed E-state index contributed by atoms with van der Waals surface area (Å²) in [6, 6.07) is 16.8. The number of fused-ring (bicyclic) bond motifs is 1. The molecule has 0 saturated heterocycles. The van der Waals surface area contributed by atoms with E-state index in [0.29, 0.717) is 22.2 Å². The predicted octanol–water partition coefficient (Wildman–Crippen LogP) is 4.86. The second kappa shape index (κ2) is 8.16. The molecule has 4 rings (SSSR count). The third kappa shape index (κ3) is 4.00. The van der Waals surface area contributed by atoms with Gasteiger partial charge in [0.05, 0.1) is 19.1 Å². The monoisotopic (exact) mass is 420 g/mol. The number of methoxy groups -OCH3 is 1. The van der Waals surface area contributed by atoms with Crippen LogP contribution in [-0.4, -0.2) is 27.6 Å². The Kier molecular flexibility index (Phi) is 5.42. The number of amides is 1. The van der Waals surface area contributed by atoms with Gasteiger partial charge in [-0.2, -0.15) is 0 Å². The number of halogens is 1. The van der Waals surface area contributed by atoms with Gasteiger partial charge in [-0.1, -0.05) is 35.9 Å². The fourth-order valence-electron chi connectivity index (χ4n) is 3.46. The highest BCUT2D eigenvalue weighted by Gasteiger charge is 2.20. The van der Waals surface area contributed by atoms with Crippen LogP contribution in [0.15, 0.2) is 54.6 Å². The van der Waals surface area contributed by atoms with Crippen molar-refractivity contribution in [1.29, 1.82) is 0 Å². The predicted molar refractivity (Wildman–Crippen MR) is 118 cm³/mol. The highest BCUT2D eigenvalue weighted by molar-refractivity contribution is 6.31. The van der Waals surface area contributed by atoms with Crippen molar-refractivity contribution in [1.82, 2.24) is 14.6 Å². The molecule has 2 aromatic heterocycles. The van der Waals surface area contributed by atoms with Crippen LogP contribution in [0.25, 0.3) is 16.8 Å². The molecule has 0 unspecified atom stereocenters. The summed E-state index contributed by atoms with van der Waals surface area (Å²) in [5.74, 6) is 0.985. The topological polar surface area (TPSA) is 68.5 Å². The number of carbonyl (C=O) groups is 1. The molecule has 152 valence electrons. The van der Waals surface area contributed by atoms with Crippen molar-refractivity contribution in [2.24, 2.45) is 0 Å². The molecule has 0 radical (unpaired) electrons. The number of anilines is 1. The molecule has 0 spiro atoms. The van der Waals surface area contributed by atoms with Crippen LogP contribution in [0.1, 0.15) is 17.0 Å². The van der Waals surface area contributed by atoms with Crippen LogP contribution in [0.5, 0.6) is 5.75 Å². The van der Waals surface area contributed by atoms with E-state index in [9.17, 15) is 4.79 Å². The number of hydrogen-bond acceptors (Lipinski definition) is 4. The number of benzene rings is 2. The van der Waals surface area contributed by atoms with Crippen LogP contribution in [-0.2, 0) is 11.2 Å². The van der Waals surface area contributed by atoms with E-state index in [1.165, 1.54) is 0 Å². The summed E-state index contributed by atoms with van der Waals surface area (Å²) in [4.78, 5) is 17.5. The summed E-state index contributed by atoms with van der Waals surface area (Å²) in [6.07, 6.45) is 0.200. The molecule has 1 N–H and O–H groups in total. The van der Waals surface area contributed by atoms with E-state index in [2.05, 4.69) is 15.4 Å². The molecule has 0 atom stereocenters. The van der Waals surface area contributed by atoms with Gasteiger partial charge in [0.2, 0.25) is 5.91 Å². The maximum Gasteiger partial charge on any atom is 0.230 e. The van der Waals surface area contributed by atoms with Crippen molar-refractivity contribution in [2.75, 3.05) is 12.4 Å². The number of aryl methyl sites for hydroxylation is 2. The van der Waals surface area contributed by atoms with Gasteiger partial charge in [-0.25, -0.2) is 9.50 Å². The van der Waals surface area contributed by atoms with Crippen LogP contribution < -0.4 is 10.1 Å². The standard InChI is InChI=1S/C23H21ClN4O2/c1-14-10-15(2)28-23(25-14)21(17-7-5-8-18(24)13-17)22(27-28)26-20(29)12-16-6-4-9-19(11-16)30-3/h4-11,13H,12H2,1-3H3,(H,26,27,29). The molecule has 0 aliphatic heterocycles. The molecule has 6 nitrogen and oxygen atoms in total. The average molecular weight is 421 g/mol. The first-order valence-corrected chi connectivity index (χ1v) is 9.88. The number of ether oxygens (including phenoxy) is 1. The van der Waals surface area contributed by atoms with Gasteiger partial charge in [-0.15, -0.1) is 5.10 Å². The minimum Gasteiger partial charge on any atom is -0.497 e. The molecule has 0 saturated carbocycles. The van der Waals surface area contributed by atoms with Gasteiger partial charge in [-0.3, -0.25) is 4.79 Å². The van der Waals surface area contributed by atoms with Gasteiger partial charge in [0.15, 0.2) is 11.5 Å². The first kappa shape index (κ1) is 19.9. The Balaban J connectivity index is 1.75. The second-order valence-electron chi connectivity index (χ2n) is 7.08. The van der Waals surface area contributed by atoms with Crippen LogP contribution >= 0.6 is 11.6 Å². The van der Waals surface area contributed by atoms with Gasteiger partial charge in [0, 0.05) is 16.4 Å². The zero-order chi connectivity index (χ0) is 21.3. The van der Waals surface area contributed by atoms with E-state index < -0.39 is 0 Å². The summed E-state index contributed by atoms with van der Waals surface area (Å²) in [7, 11) is 1.60. The van der Waals surface area contributed by atoms with E-state index >= 15 is 0 Å². The Labute approximate surface area is 179 Å². The number of aromatic nitrogens is 3. The minimum absolute atomic E-state index is 0.177. The van der Waals surface area contributed by atoms with Crippen LogP contribution in [0.2, 0.25) is 5.02 Å². The highest BCUT2D eigenvalue weighted by Crippen LogP contribution is 2.33. The molecule has 30 heavy (non-hydrogen) atoms. The Bertz CT molecular complexity index is 1250. The van der Waals surface area contributed by atoms with Gasteiger partial charge >= 0.3 is 0 Å². The fraction of sp³-hybridized carbons (Fsp3) is 0.174. The number of nitrogens with one attached hydrogen (secondary N) is 1. The van der Waals surface area contributed by atoms with Crippen molar-refractivity contribution in [2.45, 2.75) is 20.3 Å². The zero-order valence-electron chi connectivity index (χ0n) is 16.9. The van der Waals surface area contributed by atoms with Crippen molar-refractivity contribution in [3.05, 3.63) is 76.6 Å². The first-order valence-electron chi connectivity index (χ1n) is 9.50. The van der Waals surface area contributed by atoms with Gasteiger partial charge in [0.1, 0.15) is 5.75 Å². The van der Waals surface area contributed by atoms with E-state index in [0.717, 1.165) is 28.1 Å². The van der Waals surface area contributed by atoms with E-state index in [4.69, 9.17) is 16.3 Å². The molecule has 4 aromatic rings. The Morgan fingerprint density at radius 3 is 2.70 bits per heavy atom. The van der Waals surface area contributed by atoms with E-state index in [1.54, 1.807) is 11.6 Å². The molecule has 2 aromatic carbocycles. The summed E-state index contributed by atoms with van der Waals surface area (Å²) >= 11 is 6.22. The lowest BCUT2D eigenvalue weighted by Crippen LogP contribution is -2.15. The third-order valence-corrected chi connectivity index (χ3v) is 5.00. The molecule has 0 bridgehead atoms. The van der Waals surface area contributed by atoms with Gasteiger partial charge < -0.3 is 10.1 Å². The summed E-state index contributed by atoms with van der Waals surface area (Å²) in [5, 5.41) is 8.19. The highest BCUT2D eigenvalue weighted by atomic mass is 35.5. The smallest absolute Gasteiger partial charge is 0.230 e. The molecular formula is C23H21ClN4O2. The van der Waals surface area contributed by atoms with E-state index in [-0.39, 0.29) is 12.3 Å². The maximum atomic E-state index is 12.8. The number of nitrogens with zero attached hydrogens (tertiary/aromatic N) is 3. The molecule has 0 aliphatic rings. The van der Waals surface area contributed by atoms with E-state index in [1.807, 2.05) is 68.4 Å². The Morgan fingerprint density at radius 1 is 1.13 bits per heavy atom. The second-order valence-corrected chi connectivity index (χ2v) is 7.52. The lowest BCUT2D eigenvalue weighted by molar-refractivity contribution is -0.115. The van der Waals surface area contributed by atoms with Crippen molar-refractivity contribution < 1.29 is 9.53 Å². The van der Waals surface area contributed by atoms with Gasteiger partial charge in [0.25, 0.3) is 0 Å². The summed E-state index contributed by atoms with van der Waals surface area (Å²) < 4.78 is 6.98. The molecule has 2 heterocycles. The van der Waals surface area contributed by atoms with Crippen LogP contribution in [0.4, 0.5) is 5.82 Å². The van der Waals surface area contributed by atoms with Gasteiger partial charge in [-0.05, 0) is 55.3 Å². The SMILES string of the molecule is COc1cccc(CC(=O)Nc2nn3c(C)cc(C)nc3c2-c2cccc(Cl)c2)c1. The molecule has 1 amide bonds. The Hall–Kier alpha value is -3.38. The van der Waals surface area contributed by atoms with Crippen LogP contribution in [0.3, 0.4) is 0 Å². The maximum absolute atomic E-state index is 12.8. The summed E-state index contributed by atoms with van der Waals surface area (Å²) in [6.45, 7) is 3.89. The number of carbonyl (C=O) groups excluding carboxylic acids is 1. The lowest BCUT2D eigenvalue weighted by atomic mass is 10.1. The molecule has 7 heteroatoms. The van der Waals surface area contributed by atoms with Crippen molar-refractivity contribution in [3.63, 3.8) is 0 Å². The lowest BCUT2D eigenvalue weighted by Gasteiger charge is -2.07. The molecule has 0 fully saturated rings. The first-order chi connectivity index (χ1) is 14.4. The summed E-state index contributed by atoms with van der Waals surface area (Å²) in [5.41, 5.74) is 4.90. The number of hydrogen-bond donors (Lipinski definition) is 1. The fourth-order valence-corrected chi connectivity index (χ4v) is 3.65. The molecule has 0 aliphatic carbocycles. The van der Waals surface area contributed by atoms with Crippen molar-refractivity contribution >= 4 is 29.0 Å². The Morgan fingerprint density at radius 2 is 1.93 bits per heavy atom. The normalized spacial score (nSPS) is 10.9. The molecular weight excluding hydrogens is 400 g/mol. The van der Waals surface area contributed by atoms with Crippen molar-refractivity contribution in [3.8, 4) is 16.9 Å². The average Bonchev–Trinajstić information content (AvgIpc) is 3.06. The largest absolute Gasteiger partial charge is 0.497 e. The zero-order valence-corrected chi connectivity index (χ0v) is 17.7. The van der Waals surface area contributed by atoms with Crippen LogP contribution in [0, 0.1) is 13.8 Å². The quantitative estimate of drug-likeness (QED) is 0.500. The minimum atomic E-state index is -0.177.